The molecule has 13 heteroatoms. The number of pyridine rings is 2. The number of piperazine rings is 1. The standard InChI is InChI=1S/C28H24F3N5O4S/c1-18-17-20(9-10-22(18)34-41(39,40)23-8-2-5-19-6-3-11-32-24(19)23)26(37)35-13-15-36(16-14-35)27(38)21-7-4-12-33-25(21)28(29,30)31/h2-12,17,34H,13-16H2,1H3. The smallest absolute Gasteiger partial charge is 0.335 e. The highest BCUT2D eigenvalue weighted by Gasteiger charge is 2.38. The monoisotopic (exact) mass is 583 g/mol. The molecule has 1 N–H and O–H groups in total. The van der Waals surface area contributed by atoms with Crippen molar-refractivity contribution < 1.29 is 31.2 Å². The third-order valence-electron chi connectivity index (χ3n) is 6.76. The number of amides is 2. The van der Waals surface area contributed by atoms with E-state index in [2.05, 4.69) is 14.7 Å². The molecule has 2 aromatic heterocycles. The normalized spacial score (nSPS) is 14.2. The van der Waals surface area contributed by atoms with Gasteiger partial charge in [-0.3, -0.25) is 24.3 Å². The number of halogens is 3. The Morgan fingerprint density at radius 1 is 0.854 bits per heavy atom. The SMILES string of the molecule is Cc1cc(C(=O)N2CCN(C(=O)c3cccnc3C(F)(F)F)CC2)ccc1NS(=O)(=O)c1cccc2cccnc12. The molecule has 5 rings (SSSR count). The third kappa shape index (κ3) is 5.71. The number of alkyl halides is 3. The van der Waals surface area contributed by atoms with E-state index in [4.69, 9.17) is 0 Å². The lowest BCUT2D eigenvalue weighted by Gasteiger charge is -2.35. The second-order valence-electron chi connectivity index (χ2n) is 9.45. The highest BCUT2D eigenvalue weighted by molar-refractivity contribution is 7.93. The van der Waals surface area contributed by atoms with Gasteiger partial charge in [0.05, 0.1) is 16.8 Å². The van der Waals surface area contributed by atoms with Gasteiger partial charge in [0, 0.05) is 49.5 Å². The molecule has 1 fully saturated rings. The van der Waals surface area contributed by atoms with E-state index >= 15 is 0 Å². The minimum absolute atomic E-state index is 0.0243. The number of anilines is 1. The van der Waals surface area contributed by atoms with Crippen LogP contribution in [0.2, 0.25) is 0 Å². The maximum Gasteiger partial charge on any atom is 0.434 e. The number of nitrogens with one attached hydrogen (secondary N) is 1. The first-order chi connectivity index (χ1) is 19.5. The van der Waals surface area contributed by atoms with Crippen molar-refractivity contribution in [3.8, 4) is 0 Å². The van der Waals surface area contributed by atoms with Crippen LogP contribution in [0.3, 0.4) is 0 Å². The highest BCUT2D eigenvalue weighted by Crippen LogP contribution is 2.31. The van der Waals surface area contributed by atoms with Gasteiger partial charge in [0.15, 0.2) is 5.69 Å². The first kappa shape index (κ1) is 28.0. The molecule has 0 bridgehead atoms. The zero-order valence-electron chi connectivity index (χ0n) is 21.7. The number of rotatable bonds is 5. The molecule has 2 amide bonds. The lowest BCUT2D eigenvalue weighted by atomic mass is 10.1. The molecule has 9 nitrogen and oxygen atoms in total. The van der Waals surface area contributed by atoms with Gasteiger partial charge in [-0.1, -0.05) is 18.2 Å². The lowest BCUT2D eigenvalue weighted by molar-refractivity contribution is -0.141. The summed E-state index contributed by atoms with van der Waals surface area (Å²) in [5.41, 5.74) is -0.329. The summed E-state index contributed by atoms with van der Waals surface area (Å²) in [7, 11) is -3.99. The second-order valence-corrected chi connectivity index (χ2v) is 11.1. The number of aromatic nitrogens is 2. The van der Waals surface area contributed by atoms with Gasteiger partial charge in [0.2, 0.25) is 0 Å². The van der Waals surface area contributed by atoms with Crippen LogP contribution in [0.5, 0.6) is 0 Å². The van der Waals surface area contributed by atoms with Crippen molar-refractivity contribution in [3.05, 3.63) is 95.4 Å². The molecule has 3 heterocycles. The molecule has 0 spiro atoms. The van der Waals surface area contributed by atoms with Crippen molar-refractivity contribution >= 4 is 38.4 Å². The number of carbonyl (C=O) groups excluding carboxylic acids is 2. The molecule has 1 aliphatic rings. The maximum absolute atomic E-state index is 13.3. The van der Waals surface area contributed by atoms with E-state index < -0.39 is 33.4 Å². The van der Waals surface area contributed by atoms with Crippen molar-refractivity contribution in [2.45, 2.75) is 18.0 Å². The Hall–Kier alpha value is -4.52. The van der Waals surface area contributed by atoms with Crippen LogP contribution >= 0.6 is 0 Å². The van der Waals surface area contributed by atoms with Gasteiger partial charge in [-0.25, -0.2) is 8.42 Å². The zero-order chi connectivity index (χ0) is 29.4. The summed E-state index contributed by atoms with van der Waals surface area (Å²) in [6, 6.07) is 15.3. The number of benzene rings is 2. The molecule has 2 aromatic carbocycles. The van der Waals surface area contributed by atoms with Gasteiger partial charge in [0.1, 0.15) is 4.90 Å². The van der Waals surface area contributed by atoms with Gasteiger partial charge >= 0.3 is 6.18 Å². The number of carbonyl (C=O) groups is 2. The molecule has 41 heavy (non-hydrogen) atoms. The average molecular weight is 584 g/mol. The van der Waals surface area contributed by atoms with Crippen LogP contribution in [-0.2, 0) is 16.2 Å². The molecular formula is C28H24F3N5O4S. The molecule has 0 aliphatic carbocycles. The summed E-state index contributed by atoms with van der Waals surface area (Å²) in [6.45, 7) is 2.00. The number of hydrogen-bond acceptors (Lipinski definition) is 6. The lowest BCUT2D eigenvalue weighted by Crippen LogP contribution is -2.50. The quantitative estimate of drug-likeness (QED) is 0.374. The summed E-state index contributed by atoms with van der Waals surface area (Å²) in [5.74, 6) is -1.14. The van der Waals surface area contributed by atoms with Crippen molar-refractivity contribution in [1.82, 2.24) is 19.8 Å². The summed E-state index contributed by atoms with van der Waals surface area (Å²) in [6.07, 6.45) is -2.27. The molecular weight excluding hydrogens is 559 g/mol. The molecule has 1 aliphatic heterocycles. The van der Waals surface area contributed by atoms with Crippen molar-refractivity contribution in [2.24, 2.45) is 0 Å². The zero-order valence-corrected chi connectivity index (χ0v) is 22.5. The van der Waals surface area contributed by atoms with Gasteiger partial charge in [0.25, 0.3) is 21.8 Å². The van der Waals surface area contributed by atoms with Crippen LogP contribution in [0.25, 0.3) is 10.9 Å². The van der Waals surface area contributed by atoms with Crippen LogP contribution in [0.4, 0.5) is 18.9 Å². The molecule has 0 unspecified atom stereocenters. The van der Waals surface area contributed by atoms with E-state index in [0.717, 1.165) is 12.3 Å². The number of nitrogens with zero attached hydrogens (tertiary/aromatic N) is 4. The molecule has 0 radical (unpaired) electrons. The Morgan fingerprint density at radius 2 is 1.49 bits per heavy atom. The maximum atomic E-state index is 13.3. The van der Waals surface area contributed by atoms with Crippen molar-refractivity contribution in [2.75, 3.05) is 30.9 Å². The summed E-state index contributed by atoms with van der Waals surface area (Å²) < 4.78 is 68.8. The van der Waals surface area contributed by atoms with Crippen molar-refractivity contribution in [3.63, 3.8) is 0 Å². The van der Waals surface area contributed by atoms with Crippen molar-refractivity contribution in [1.29, 1.82) is 0 Å². The van der Waals surface area contributed by atoms with Gasteiger partial charge in [-0.15, -0.1) is 0 Å². The van der Waals surface area contributed by atoms with Gasteiger partial charge < -0.3 is 9.80 Å². The third-order valence-corrected chi connectivity index (χ3v) is 8.16. The first-order valence-electron chi connectivity index (χ1n) is 12.5. The van der Waals surface area contributed by atoms with Gasteiger partial charge in [-0.05, 0) is 55.0 Å². The van der Waals surface area contributed by atoms with Crippen LogP contribution in [0.1, 0.15) is 32.0 Å². The number of aryl methyl sites for hydroxylation is 1. The average Bonchev–Trinajstić information content (AvgIpc) is 2.96. The molecule has 0 atom stereocenters. The van der Waals surface area contributed by atoms with Crippen LogP contribution in [0, 0.1) is 6.92 Å². The number of para-hydroxylation sites is 1. The van der Waals surface area contributed by atoms with E-state index in [0.29, 0.717) is 27.7 Å². The minimum atomic E-state index is -4.77. The Balaban J connectivity index is 1.27. The largest absolute Gasteiger partial charge is 0.434 e. The number of fused-ring (bicyclic) bond motifs is 1. The highest BCUT2D eigenvalue weighted by atomic mass is 32.2. The topological polar surface area (TPSA) is 113 Å². The van der Waals surface area contributed by atoms with Crippen LogP contribution in [0.15, 0.2) is 78.0 Å². The fourth-order valence-corrected chi connectivity index (χ4v) is 5.98. The Kier molecular flexibility index (Phi) is 7.39. The molecule has 212 valence electrons. The predicted molar refractivity (Wildman–Crippen MR) is 145 cm³/mol. The van der Waals surface area contributed by atoms with Crippen LogP contribution in [-0.4, -0.2) is 66.2 Å². The Morgan fingerprint density at radius 3 is 2.17 bits per heavy atom. The van der Waals surface area contributed by atoms with E-state index in [1.165, 1.54) is 40.3 Å². The first-order valence-corrected chi connectivity index (χ1v) is 14.0. The van der Waals surface area contributed by atoms with E-state index in [-0.39, 0.29) is 37.0 Å². The fraction of sp³-hybridized carbons (Fsp3) is 0.214. The fourth-order valence-electron chi connectivity index (χ4n) is 4.67. The Bertz CT molecular complexity index is 1750. The summed E-state index contributed by atoms with van der Waals surface area (Å²) in [4.78, 5) is 36.3. The van der Waals surface area contributed by atoms with E-state index in [1.54, 1.807) is 37.3 Å². The summed E-state index contributed by atoms with van der Waals surface area (Å²) >= 11 is 0. The second kappa shape index (κ2) is 10.8. The molecule has 4 aromatic rings. The minimum Gasteiger partial charge on any atom is -0.335 e. The number of sulfonamides is 1. The number of hydrogen-bond donors (Lipinski definition) is 1. The van der Waals surface area contributed by atoms with E-state index in [1.807, 2.05) is 0 Å². The molecule has 0 saturated carbocycles. The van der Waals surface area contributed by atoms with Crippen LogP contribution < -0.4 is 4.72 Å². The Labute approximate surface area is 233 Å². The van der Waals surface area contributed by atoms with Gasteiger partial charge in [-0.2, -0.15) is 13.2 Å². The summed E-state index contributed by atoms with van der Waals surface area (Å²) in [5, 5.41) is 0.677. The van der Waals surface area contributed by atoms with E-state index in [9.17, 15) is 31.2 Å². The molecule has 1 saturated heterocycles. The predicted octanol–water partition coefficient (Wildman–Crippen LogP) is 4.36.